The SMILES string of the molecule is COCCNC(=O)c1ccc(N)c(C=NCC2CN(C(=O)OC(C)(C)C)C2)c1C. The van der Waals surface area contributed by atoms with E-state index >= 15 is 0 Å². The Hall–Kier alpha value is -2.61. The zero-order valence-corrected chi connectivity index (χ0v) is 17.9. The van der Waals surface area contributed by atoms with Crippen LogP contribution in [0.2, 0.25) is 0 Å². The highest BCUT2D eigenvalue weighted by Gasteiger charge is 2.33. The van der Waals surface area contributed by atoms with Gasteiger partial charge in [-0.25, -0.2) is 4.79 Å². The van der Waals surface area contributed by atoms with E-state index in [9.17, 15) is 9.59 Å². The molecular formula is C21H32N4O4. The molecule has 1 fully saturated rings. The first-order valence-electron chi connectivity index (χ1n) is 9.76. The summed E-state index contributed by atoms with van der Waals surface area (Å²) in [7, 11) is 1.59. The highest BCUT2D eigenvalue weighted by molar-refractivity contribution is 6.00. The van der Waals surface area contributed by atoms with Gasteiger partial charge in [0, 0.05) is 62.2 Å². The first-order chi connectivity index (χ1) is 13.6. The normalized spacial score (nSPS) is 14.7. The van der Waals surface area contributed by atoms with Crippen molar-refractivity contribution in [3.8, 4) is 0 Å². The lowest BCUT2D eigenvalue weighted by Crippen LogP contribution is -2.52. The number of anilines is 1. The zero-order chi connectivity index (χ0) is 21.6. The quantitative estimate of drug-likeness (QED) is 0.412. The highest BCUT2D eigenvalue weighted by atomic mass is 16.6. The Kier molecular flexibility index (Phi) is 7.61. The van der Waals surface area contributed by atoms with Gasteiger partial charge in [-0.2, -0.15) is 0 Å². The number of methoxy groups -OCH3 is 1. The van der Waals surface area contributed by atoms with Crippen LogP contribution in [-0.4, -0.2) is 68.6 Å². The highest BCUT2D eigenvalue weighted by Crippen LogP contribution is 2.21. The number of carbonyl (C=O) groups is 2. The third kappa shape index (κ3) is 6.45. The lowest BCUT2D eigenvalue weighted by molar-refractivity contribution is 0.000409. The number of likely N-dealkylation sites (tertiary alicyclic amines) is 1. The Bertz CT molecular complexity index is 765. The fourth-order valence-electron chi connectivity index (χ4n) is 2.98. The molecule has 1 aromatic carbocycles. The number of aliphatic imine (C=N–C) groups is 1. The summed E-state index contributed by atoms with van der Waals surface area (Å²) in [5, 5.41) is 2.81. The van der Waals surface area contributed by atoms with Crippen molar-refractivity contribution in [1.82, 2.24) is 10.2 Å². The topological polar surface area (TPSA) is 106 Å². The van der Waals surface area contributed by atoms with Gasteiger partial charge in [-0.05, 0) is 45.4 Å². The molecule has 8 heteroatoms. The average molecular weight is 405 g/mol. The maximum Gasteiger partial charge on any atom is 0.410 e. The van der Waals surface area contributed by atoms with Crippen LogP contribution in [0.3, 0.4) is 0 Å². The molecule has 29 heavy (non-hydrogen) atoms. The summed E-state index contributed by atoms with van der Waals surface area (Å²) in [4.78, 5) is 30.5. The molecule has 0 radical (unpaired) electrons. The minimum atomic E-state index is -0.490. The van der Waals surface area contributed by atoms with E-state index in [2.05, 4.69) is 10.3 Å². The second kappa shape index (κ2) is 9.73. The smallest absolute Gasteiger partial charge is 0.410 e. The van der Waals surface area contributed by atoms with E-state index in [-0.39, 0.29) is 12.0 Å². The molecule has 1 aliphatic rings. The summed E-state index contributed by atoms with van der Waals surface area (Å²) < 4.78 is 10.3. The van der Waals surface area contributed by atoms with Gasteiger partial charge in [0.05, 0.1) is 6.61 Å². The largest absolute Gasteiger partial charge is 0.444 e. The molecule has 0 aliphatic carbocycles. The predicted octanol–water partition coefficient (Wildman–Crippen LogP) is 2.24. The summed E-state index contributed by atoms with van der Waals surface area (Å²) in [6.45, 7) is 10.2. The molecule has 0 spiro atoms. The van der Waals surface area contributed by atoms with Crippen molar-refractivity contribution in [1.29, 1.82) is 0 Å². The van der Waals surface area contributed by atoms with E-state index in [1.54, 1.807) is 30.4 Å². The second-order valence-electron chi connectivity index (χ2n) is 8.24. The fraction of sp³-hybridized carbons (Fsp3) is 0.571. The first kappa shape index (κ1) is 22.7. The third-order valence-electron chi connectivity index (χ3n) is 4.58. The Balaban J connectivity index is 1.92. The van der Waals surface area contributed by atoms with Crippen LogP contribution in [-0.2, 0) is 9.47 Å². The molecule has 2 amide bonds. The minimum absolute atomic E-state index is 0.166. The van der Waals surface area contributed by atoms with Crippen molar-refractivity contribution in [2.24, 2.45) is 10.9 Å². The first-order valence-corrected chi connectivity index (χ1v) is 9.76. The Morgan fingerprint density at radius 1 is 1.34 bits per heavy atom. The third-order valence-corrected chi connectivity index (χ3v) is 4.58. The fourth-order valence-corrected chi connectivity index (χ4v) is 2.98. The molecule has 8 nitrogen and oxygen atoms in total. The molecule has 1 aliphatic heterocycles. The molecule has 0 bridgehead atoms. The number of nitrogens with zero attached hydrogens (tertiary/aromatic N) is 2. The van der Waals surface area contributed by atoms with Gasteiger partial charge in [-0.1, -0.05) is 0 Å². The number of hydrogen-bond donors (Lipinski definition) is 2. The van der Waals surface area contributed by atoms with Gasteiger partial charge in [-0.15, -0.1) is 0 Å². The van der Waals surface area contributed by atoms with Crippen molar-refractivity contribution >= 4 is 23.9 Å². The van der Waals surface area contributed by atoms with Crippen molar-refractivity contribution < 1.29 is 19.1 Å². The van der Waals surface area contributed by atoms with Crippen molar-refractivity contribution in [3.63, 3.8) is 0 Å². The number of nitrogens with two attached hydrogens (primary N) is 1. The summed E-state index contributed by atoms with van der Waals surface area (Å²) in [5.74, 6) is 0.127. The van der Waals surface area contributed by atoms with E-state index in [0.717, 1.165) is 11.1 Å². The molecule has 3 N–H and O–H groups in total. The molecule has 1 saturated heterocycles. The van der Waals surface area contributed by atoms with E-state index in [4.69, 9.17) is 15.2 Å². The molecule has 1 heterocycles. The van der Waals surface area contributed by atoms with Crippen LogP contribution in [0, 0.1) is 12.8 Å². The Labute approximate surface area is 172 Å². The maximum absolute atomic E-state index is 12.3. The van der Waals surface area contributed by atoms with Gasteiger partial charge in [0.1, 0.15) is 5.60 Å². The zero-order valence-electron chi connectivity index (χ0n) is 17.9. The van der Waals surface area contributed by atoms with Crippen LogP contribution in [0.4, 0.5) is 10.5 Å². The monoisotopic (exact) mass is 404 g/mol. The number of nitrogens with one attached hydrogen (secondary N) is 1. The lowest BCUT2D eigenvalue weighted by atomic mass is 9.99. The number of hydrogen-bond acceptors (Lipinski definition) is 6. The molecule has 0 atom stereocenters. The van der Waals surface area contributed by atoms with Crippen molar-refractivity contribution in [2.45, 2.75) is 33.3 Å². The molecule has 0 unspecified atom stereocenters. The van der Waals surface area contributed by atoms with Crippen LogP contribution in [0.25, 0.3) is 0 Å². The lowest BCUT2D eigenvalue weighted by Gasteiger charge is -2.39. The van der Waals surface area contributed by atoms with Crippen LogP contribution in [0.15, 0.2) is 17.1 Å². The number of carbonyl (C=O) groups excluding carboxylic acids is 2. The molecule has 0 saturated carbocycles. The standard InChI is InChI=1S/C21H32N4O4/c1-14-16(19(26)24-8-9-28-5)6-7-18(22)17(14)11-23-10-15-12-25(13-15)20(27)29-21(2,3)4/h6-7,11,15H,8-10,12-13,22H2,1-5H3,(H,24,26). The van der Waals surface area contributed by atoms with Crippen LogP contribution >= 0.6 is 0 Å². The van der Waals surface area contributed by atoms with Gasteiger partial charge in [0.2, 0.25) is 0 Å². The maximum atomic E-state index is 12.3. The van der Waals surface area contributed by atoms with Crippen molar-refractivity contribution in [2.75, 3.05) is 45.6 Å². The number of nitrogen functional groups attached to an aromatic ring is 1. The summed E-state index contributed by atoms with van der Waals surface area (Å²) in [6, 6.07) is 3.43. The van der Waals surface area contributed by atoms with Gasteiger partial charge in [-0.3, -0.25) is 9.79 Å². The predicted molar refractivity (Wildman–Crippen MR) is 114 cm³/mol. The molecular weight excluding hydrogens is 372 g/mol. The number of rotatable bonds is 7. The molecule has 2 rings (SSSR count). The van der Waals surface area contributed by atoms with Crippen LogP contribution < -0.4 is 11.1 Å². The summed E-state index contributed by atoms with van der Waals surface area (Å²) in [6.07, 6.45) is 1.43. The van der Waals surface area contributed by atoms with E-state index in [0.29, 0.717) is 50.0 Å². The molecule has 1 aromatic rings. The Morgan fingerprint density at radius 2 is 2.03 bits per heavy atom. The van der Waals surface area contributed by atoms with Crippen LogP contribution in [0.1, 0.15) is 42.3 Å². The van der Waals surface area contributed by atoms with E-state index < -0.39 is 5.60 Å². The van der Waals surface area contributed by atoms with E-state index in [1.807, 2.05) is 27.7 Å². The average Bonchev–Trinajstić information content (AvgIpc) is 2.57. The number of benzene rings is 1. The summed E-state index contributed by atoms with van der Waals surface area (Å²) >= 11 is 0. The van der Waals surface area contributed by atoms with Gasteiger partial charge in [0.25, 0.3) is 5.91 Å². The number of amides is 2. The van der Waals surface area contributed by atoms with Gasteiger partial charge >= 0.3 is 6.09 Å². The second-order valence-corrected chi connectivity index (χ2v) is 8.24. The minimum Gasteiger partial charge on any atom is -0.444 e. The molecule has 160 valence electrons. The van der Waals surface area contributed by atoms with Gasteiger partial charge < -0.3 is 25.4 Å². The van der Waals surface area contributed by atoms with E-state index in [1.165, 1.54) is 0 Å². The summed E-state index contributed by atoms with van der Waals surface area (Å²) in [5.41, 5.74) is 8.26. The number of ether oxygens (including phenoxy) is 2. The van der Waals surface area contributed by atoms with Gasteiger partial charge in [0.15, 0.2) is 0 Å². The molecule has 0 aromatic heterocycles. The van der Waals surface area contributed by atoms with Crippen LogP contribution in [0.5, 0.6) is 0 Å². The van der Waals surface area contributed by atoms with Crippen molar-refractivity contribution in [3.05, 3.63) is 28.8 Å². The Morgan fingerprint density at radius 3 is 2.66 bits per heavy atom.